The lowest BCUT2D eigenvalue weighted by Crippen LogP contribution is -2.38. The van der Waals surface area contributed by atoms with Crippen molar-refractivity contribution in [3.63, 3.8) is 0 Å². The molecule has 1 fully saturated rings. The summed E-state index contributed by atoms with van der Waals surface area (Å²) in [5.41, 5.74) is 1.19. The average molecular weight is 419 g/mol. The van der Waals surface area contributed by atoms with Gasteiger partial charge >= 0.3 is 0 Å². The molecule has 29 heavy (non-hydrogen) atoms. The van der Waals surface area contributed by atoms with Gasteiger partial charge in [-0.25, -0.2) is 4.98 Å². The predicted octanol–water partition coefficient (Wildman–Crippen LogP) is 3.79. The molecule has 1 N–H and O–H groups in total. The van der Waals surface area contributed by atoms with Crippen molar-refractivity contribution in [1.29, 1.82) is 0 Å². The molecule has 1 aromatic heterocycles. The Morgan fingerprint density at radius 2 is 1.97 bits per heavy atom. The summed E-state index contributed by atoms with van der Waals surface area (Å²) in [6.45, 7) is 6.97. The van der Waals surface area contributed by atoms with Gasteiger partial charge in [0.15, 0.2) is 23.1 Å². The van der Waals surface area contributed by atoms with E-state index in [4.69, 9.17) is 25.8 Å². The third kappa shape index (κ3) is 5.74. The zero-order valence-corrected chi connectivity index (χ0v) is 17.6. The van der Waals surface area contributed by atoms with E-state index in [1.807, 2.05) is 12.1 Å². The van der Waals surface area contributed by atoms with Crippen LogP contribution in [-0.4, -0.2) is 54.8 Å². The van der Waals surface area contributed by atoms with Crippen LogP contribution in [0.3, 0.4) is 0 Å². The number of ether oxygens (including phenoxy) is 3. The molecule has 3 rings (SSSR count). The van der Waals surface area contributed by atoms with Gasteiger partial charge in [0.1, 0.15) is 6.61 Å². The molecule has 8 heteroatoms. The lowest BCUT2D eigenvalue weighted by Gasteiger charge is -2.32. The monoisotopic (exact) mass is 418 g/mol. The number of anilines is 1. The zero-order chi connectivity index (χ0) is 20.6. The van der Waals surface area contributed by atoms with Crippen LogP contribution >= 0.6 is 11.6 Å². The number of piperidine rings is 1. The smallest absolute Gasteiger partial charge is 0.224 e. The number of halogens is 1. The first-order valence-corrected chi connectivity index (χ1v) is 9.96. The molecule has 0 atom stereocenters. The lowest BCUT2D eigenvalue weighted by molar-refractivity contribution is 0.210. The highest BCUT2D eigenvalue weighted by atomic mass is 35.5. The highest BCUT2D eigenvalue weighted by Crippen LogP contribution is 2.29. The minimum atomic E-state index is 0.208. The highest BCUT2D eigenvalue weighted by Gasteiger charge is 2.21. The van der Waals surface area contributed by atoms with Crippen LogP contribution in [0, 0.1) is 0 Å². The van der Waals surface area contributed by atoms with E-state index in [0.29, 0.717) is 24.2 Å². The summed E-state index contributed by atoms with van der Waals surface area (Å²) < 4.78 is 16.4. The second-order valence-electron chi connectivity index (χ2n) is 6.84. The zero-order valence-electron chi connectivity index (χ0n) is 16.9. The van der Waals surface area contributed by atoms with Gasteiger partial charge in [0.05, 0.1) is 20.4 Å². The minimum Gasteiger partial charge on any atom is -0.493 e. The van der Waals surface area contributed by atoms with E-state index >= 15 is 0 Å². The van der Waals surface area contributed by atoms with E-state index in [1.54, 1.807) is 26.5 Å². The Kier molecular flexibility index (Phi) is 7.55. The summed E-state index contributed by atoms with van der Waals surface area (Å²) >= 11 is 5.92. The maximum Gasteiger partial charge on any atom is 0.224 e. The van der Waals surface area contributed by atoms with Gasteiger partial charge in [-0.2, -0.15) is 4.98 Å². The molecular formula is C21H27ClN4O3. The second-order valence-corrected chi connectivity index (χ2v) is 7.17. The standard InChI is InChI=1S/C21H27ClN4O3/c1-4-11-29-18-12-15(5-6-17(18)27-2)14-26-9-7-16(8-10-26)24-20-19(28-3)13-23-21(22)25-20/h4-6,12-13,16H,1,7-11,14H2,2-3H3,(H,23,24,25). The van der Waals surface area contributed by atoms with Gasteiger partial charge in [-0.15, -0.1) is 0 Å². The average Bonchev–Trinajstić information content (AvgIpc) is 2.74. The molecule has 2 aromatic rings. The summed E-state index contributed by atoms with van der Waals surface area (Å²) in [5, 5.41) is 3.65. The van der Waals surface area contributed by atoms with E-state index in [-0.39, 0.29) is 5.28 Å². The minimum absolute atomic E-state index is 0.208. The maximum atomic E-state index is 5.92. The van der Waals surface area contributed by atoms with E-state index in [9.17, 15) is 0 Å². The first-order valence-electron chi connectivity index (χ1n) is 9.59. The Labute approximate surface area is 176 Å². The molecule has 0 spiro atoms. The highest BCUT2D eigenvalue weighted by molar-refractivity contribution is 6.28. The number of benzene rings is 1. The van der Waals surface area contributed by atoms with Crippen molar-refractivity contribution in [3.05, 3.63) is 47.9 Å². The Morgan fingerprint density at radius 3 is 2.66 bits per heavy atom. The van der Waals surface area contributed by atoms with E-state index in [0.717, 1.165) is 44.0 Å². The quantitative estimate of drug-likeness (QED) is 0.490. The van der Waals surface area contributed by atoms with Crippen LogP contribution < -0.4 is 19.5 Å². The summed E-state index contributed by atoms with van der Waals surface area (Å²) in [6, 6.07) is 6.39. The predicted molar refractivity (Wildman–Crippen MR) is 114 cm³/mol. The summed E-state index contributed by atoms with van der Waals surface area (Å²) in [4.78, 5) is 10.6. The van der Waals surface area contributed by atoms with Gasteiger partial charge in [-0.05, 0) is 42.1 Å². The van der Waals surface area contributed by atoms with E-state index < -0.39 is 0 Å². The third-order valence-electron chi connectivity index (χ3n) is 4.87. The summed E-state index contributed by atoms with van der Waals surface area (Å²) in [7, 11) is 3.25. The molecule has 1 aromatic carbocycles. The fourth-order valence-corrected chi connectivity index (χ4v) is 3.50. The fraction of sp³-hybridized carbons (Fsp3) is 0.429. The van der Waals surface area contributed by atoms with Gasteiger partial charge in [-0.3, -0.25) is 4.90 Å². The Hall–Kier alpha value is -2.51. The second kappa shape index (κ2) is 10.3. The number of nitrogens with one attached hydrogen (secondary N) is 1. The molecule has 0 radical (unpaired) electrons. The van der Waals surface area contributed by atoms with Crippen molar-refractivity contribution in [2.24, 2.45) is 0 Å². The van der Waals surface area contributed by atoms with Crippen LogP contribution in [0.5, 0.6) is 17.2 Å². The van der Waals surface area contributed by atoms with E-state index in [1.165, 1.54) is 5.56 Å². The summed E-state index contributed by atoms with van der Waals surface area (Å²) in [5.74, 6) is 2.72. The van der Waals surface area contributed by atoms with Crippen LogP contribution in [-0.2, 0) is 6.54 Å². The van der Waals surface area contributed by atoms with Crippen molar-refractivity contribution in [1.82, 2.24) is 14.9 Å². The molecule has 7 nitrogen and oxygen atoms in total. The first-order chi connectivity index (χ1) is 14.1. The van der Waals surface area contributed by atoms with Crippen LogP contribution in [0.4, 0.5) is 5.82 Å². The van der Waals surface area contributed by atoms with Crippen LogP contribution in [0.15, 0.2) is 37.1 Å². The van der Waals surface area contributed by atoms with Crippen molar-refractivity contribution in [2.45, 2.75) is 25.4 Å². The topological polar surface area (TPSA) is 68.7 Å². The molecule has 0 amide bonds. The van der Waals surface area contributed by atoms with Gasteiger partial charge in [0, 0.05) is 25.7 Å². The SMILES string of the molecule is C=CCOc1cc(CN2CCC(Nc3nc(Cl)ncc3OC)CC2)ccc1OC. The molecule has 2 heterocycles. The Morgan fingerprint density at radius 1 is 1.21 bits per heavy atom. The third-order valence-corrected chi connectivity index (χ3v) is 5.05. The van der Waals surface area contributed by atoms with Crippen LogP contribution in [0.2, 0.25) is 5.28 Å². The number of hydrogen-bond acceptors (Lipinski definition) is 7. The number of likely N-dealkylation sites (tertiary alicyclic amines) is 1. The first kappa shape index (κ1) is 21.2. The van der Waals surface area contributed by atoms with Crippen molar-refractivity contribution in [2.75, 3.05) is 39.2 Å². The molecule has 0 saturated carbocycles. The largest absolute Gasteiger partial charge is 0.493 e. The molecule has 0 bridgehead atoms. The number of rotatable bonds is 9. The summed E-state index contributed by atoms with van der Waals surface area (Å²) in [6.07, 6.45) is 5.31. The van der Waals surface area contributed by atoms with Gasteiger partial charge < -0.3 is 19.5 Å². The number of hydrogen-bond donors (Lipinski definition) is 1. The van der Waals surface area contributed by atoms with Gasteiger partial charge in [0.25, 0.3) is 0 Å². The molecule has 1 saturated heterocycles. The van der Waals surface area contributed by atoms with Crippen molar-refractivity contribution in [3.8, 4) is 17.2 Å². The molecule has 156 valence electrons. The van der Waals surface area contributed by atoms with Crippen LogP contribution in [0.25, 0.3) is 0 Å². The molecular weight excluding hydrogens is 392 g/mol. The number of methoxy groups -OCH3 is 2. The fourth-order valence-electron chi connectivity index (χ4n) is 3.37. The van der Waals surface area contributed by atoms with Crippen LogP contribution in [0.1, 0.15) is 18.4 Å². The maximum absolute atomic E-state index is 5.92. The Balaban J connectivity index is 1.56. The van der Waals surface area contributed by atoms with Crippen molar-refractivity contribution < 1.29 is 14.2 Å². The van der Waals surface area contributed by atoms with Gasteiger partial charge in [-0.1, -0.05) is 18.7 Å². The lowest BCUT2D eigenvalue weighted by atomic mass is 10.0. The normalized spacial score (nSPS) is 15.0. The van der Waals surface area contributed by atoms with E-state index in [2.05, 4.69) is 32.8 Å². The molecule has 0 aliphatic carbocycles. The Bertz CT molecular complexity index is 826. The number of nitrogens with zero attached hydrogens (tertiary/aromatic N) is 3. The molecule has 0 unspecified atom stereocenters. The van der Waals surface area contributed by atoms with Gasteiger partial charge in [0.2, 0.25) is 5.28 Å². The molecule has 1 aliphatic heterocycles. The number of aromatic nitrogens is 2. The van der Waals surface area contributed by atoms with Crippen molar-refractivity contribution >= 4 is 17.4 Å². The molecule has 1 aliphatic rings.